The summed E-state index contributed by atoms with van der Waals surface area (Å²) < 4.78 is 1.62. The molecule has 2 rings (SSSR count). The first-order chi connectivity index (χ1) is 9.67. The number of rotatable bonds is 5. The van der Waals surface area contributed by atoms with E-state index in [1.165, 1.54) is 0 Å². The number of aliphatic hydroxyl groups excluding tert-OH is 1. The molecule has 0 aliphatic heterocycles. The van der Waals surface area contributed by atoms with Crippen molar-refractivity contribution in [2.24, 2.45) is 7.05 Å². The van der Waals surface area contributed by atoms with Gasteiger partial charge in [-0.15, -0.1) is 0 Å². The summed E-state index contributed by atoms with van der Waals surface area (Å²) in [6.07, 6.45) is 2.50. The van der Waals surface area contributed by atoms with E-state index in [0.29, 0.717) is 12.4 Å². The number of hydrogen-bond donors (Lipinski definition) is 3. The molecular weight excluding hydrogens is 256 g/mol. The first-order valence-electron chi connectivity index (χ1n) is 6.40. The van der Waals surface area contributed by atoms with Crippen LogP contribution in [0.1, 0.15) is 11.1 Å². The SMILES string of the molecule is Cn1ccc(NC(=O)NCCc2ccc(CO)cc2)n1. The average molecular weight is 274 g/mol. The number of nitrogens with zero attached hydrogens (tertiary/aromatic N) is 2. The van der Waals surface area contributed by atoms with Gasteiger partial charge in [0.1, 0.15) is 0 Å². The fraction of sp³-hybridized carbons (Fsp3) is 0.286. The Balaban J connectivity index is 1.73. The van der Waals surface area contributed by atoms with Crippen LogP contribution >= 0.6 is 0 Å². The first kappa shape index (κ1) is 14.1. The summed E-state index contributed by atoms with van der Waals surface area (Å²) in [6, 6.07) is 9.11. The van der Waals surface area contributed by atoms with Crippen LogP contribution < -0.4 is 10.6 Å². The van der Waals surface area contributed by atoms with Gasteiger partial charge in [-0.2, -0.15) is 5.10 Å². The quantitative estimate of drug-likeness (QED) is 0.768. The lowest BCUT2D eigenvalue weighted by atomic mass is 10.1. The van der Waals surface area contributed by atoms with E-state index in [9.17, 15) is 4.79 Å². The van der Waals surface area contributed by atoms with Crippen LogP contribution in [0.3, 0.4) is 0 Å². The van der Waals surface area contributed by atoms with Crippen molar-refractivity contribution in [3.63, 3.8) is 0 Å². The maximum atomic E-state index is 11.6. The van der Waals surface area contributed by atoms with E-state index in [2.05, 4.69) is 15.7 Å². The minimum absolute atomic E-state index is 0.0466. The van der Waals surface area contributed by atoms with E-state index in [1.807, 2.05) is 24.3 Å². The number of nitrogens with one attached hydrogen (secondary N) is 2. The van der Waals surface area contributed by atoms with Gasteiger partial charge in [-0.05, 0) is 17.5 Å². The highest BCUT2D eigenvalue weighted by Gasteiger charge is 2.03. The van der Waals surface area contributed by atoms with E-state index in [0.717, 1.165) is 17.5 Å². The third-order valence-electron chi connectivity index (χ3n) is 2.86. The summed E-state index contributed by atoms with van der Waals surface area (Å²) in [7, 11) is 1.79. The highest BCUT2D eigenvalue weighted by atomic mass is 16.3. The molecule has 1 aromatic carbocycles. The Morgan fingerprint density at radius 1 is 1.25 bits per heavy atom. The maximum absolute atomic E-state index is 11.6. The second-order valence-corrected chi connectivity index (χ2v) is 4.48. The molecule has 6 nitrogen and oxygen atoms in total. The molecule has 0 bridgehead atoms. The summed E-state index contributed by atoms with van der Waals surface area (Å²) in [5, 5.41) is 18.4. The van der Waals surface area contributed by atoms with E-state index in [4.69, 9.17) is 5.11 Å². The van der Waals surface area contributed by atoms with Gasteiger partial charge in [0, 0.05) is 25.9 Å². The Bertz CT molecular complexity index is 563. The fourth-order valence-corrected chi connectivity index (χ4v) is 1.77. The van der Waals surface area contributed by atoms with Crippen LogP contribution in [0.25, 0.3) is 0 Å². The number of amides is 2. The molecule has 0 radical (unpaired) electrons. The number of aliphatic hydroxyl groups is 1. The van der Waals surface area contributed by atoms with E-state index in [1.54, 1.807) is 24.0 Å². The molecule has 2 amide bonds. The normalized spacial score (nSPS) is 10.3. The Kier molecular flexibility index (Phi) is 4.73. The number of aryl methyl sites for hydroxylation is 1. The topological polar surface area (TPSA) is 79.2 Å². The van der Waals surface area contributed by atoms with Gasteiger partial charge in [0.15, 0.2) is 5.82 Å². The number of anilines is 1. The minimum Gasteiger partial charge on any atom is -0.392 e. The molecule has 0 fully saturated rings. The van der Waals surface area contributed by atoms with Gasteiger partial charge in [0.05, 0.1) is 6.61 Å². The van der Waals surface area contributed by atoms with Crippen LogP contribution in [0, 0.1) is 0 Å². The monoisotopic (exact) mass is 274 g/mol. The average Bonchev–Trinajstić information content (AvgIpc) is 2.85. The molecule has 1 aromatic heterocycles. The van der Waals surface area contributed by atoms with Gasteiger partial charge < -0.3 is 10.4 Å². The molecule has 2 aromatic rings. The van der Waals surface area contributed by atoms with E-state index in [-0.39, 0.29) is 12.6 Å². The van der Waals surface area contributed by atoms with Crippen LogP contribution in [0.5, 0.6) is 0 Å². The molecule has 0 unspecified atom stereocenters. The molecule has 3 N–H and O–H groups in total. The second-order valence-electron chi connectivity index (χ2n) is 4.48. The van der Waals surface area contributed by atoms with Gasteiger partial charge in [0.25, 0.3) is 0 Å². The van der Waals surface area contributed by atoms with Crippen molar-refractivity contribution in [1.29, 1.82) is 0 Å². The third kappa shape index (κ3) is 4.10. The molecule has 0 saturated carbocycles. The minimum atomic E-state index is -0.268. The molecule has 0 spiro atoms. The highest BCUT2D eigenvalue weighted by molar-refractivity contribution is 5.88. The van der Waals surface area contributed by atoms with Crippen LogP contribution in [-0.2, 0) is 20.1 Å². The maximum Gasteiger partial charge on any atom is 0.320 e. The number of urea groups is 1. The standard InChI is InChI=1S/C14H18N4O2/c1-18-9-7-13(17-18)16-14(20)15-8-6-11-2-4-12(10-19)5-3-11/h2-5,7,9,19H,6,8,10H2,1H3,(H2,15,16,17,20). The number of carbonyl (C=O) groups is 1. The zero-order valence-electron chi connectivity index (χ0n) is 11.3. The molecule has 106 valence electrons. The van der Waals surface area contributed by atoms with Crippen LogP contribution in [-0.4, -0.2) is 27.5 Å². The van der Waals surface area contributed by atoms with Gasteiger partial charge in [-0.25, -0.2) is 4.79 Å². The molecule has 0 saturated heterocycles. The molecule has 0 aliphatic rings. The molecule has 6 heteroatoms. The Hall–Kier alpha value is -2.34. The molecular formula is C14H18N4O2. The zero-order valence-corrected chi connectivity index (χ0v) is 11.3. The van der Waals surface area contributed by atoms with Crippen LogP contribution in [0.2, 0.25) is 0 Å². The van der Waals surface area contributed by atoms with E-state index < -0.39 is 0 Å². The van der Waals surface area contributed by atoms with Gasteiger partial charge in [0.2, 0.25) is 0 Å². The van der Waals surface area contributed by atoms with Crippen LogP contribution in [0.4, 0.5) is 10.6 Å². The predicted octanol–water partition coefficient (Wildman–Crippen LogP) is 1.28. The molecule has 20 heavy (non-hydrogen) atoms. The number of benzene rings is 1. The molecule has 0 aliphatic carbocycles. The van der Waals surface area contributed by atoms with E-state index >= 15 is 0 Å². The Morgan fingerprint density at radius 2 is 1.95 bits per heavy atom. The summed E-state index contributed by atoms with van der Waals surface area (Å²) >= 11 is 0. The summed E-state index contributed by atoms with van der Waals surface area (Å²) in [6.45, 7) is 0.585. The lowest BCUT2D eigenvalue weighted by molar-refractivity contribution is 0.252. The van der Waals surface area contributed by atoms with Gasteiger partial charge in [-0.1, -0.05) is 24.3 Å². The van der Waals surface area contributed by atoms with Crippen molar-refractivity contribution in [2.75, 3.05) is 11.9 Å². The first-order valence-corrected chi connectivity index (χ1v) is 6.40. The summed E-state index contributed by atoms with van der Waals surface area (Å²) in [4.78, 5) is 11.6. The smallest absolute Gasteiger partial charge is 0.320 e. The van der Waals surface area contributed by atoms with Crippen molar-refractivity contribution >= 4 is 11.8 Å². The third-order valence-corrected chi connectivity index (χ3v) is 2.86. The number of hydrogen-bond acceptors (Lipinski definition) is 3. The fourth-order valence-electron chi connectivity index (χ4n) is 1.77. The van der Waals surface area contributed by atoms with Gasteiger partial charge in [-0.3, -0.25) is 10.00 Å². The highest BCUT2D eigenvalue weighted by Crippen LogP contribution is 2.05. The lowest BCUT2D eigenvalue weighted by Crippen LogP contribution is -2.30. The number of aromatic nitrogens is 2. The van der Waals surface area contributed by atoms with Gasteiger partial charge >= 0.3 is 6.03 Å². The second kappa shape index (κ2) is 6.72. The Morgan fingerprint density at radius 3 is 2.55 bits per heavy atom. The Labute approximate surface area is 117 Å². The van der Waals surface area contributed by atoms with Crippen molar-refractivity contribution in [3.05, 3.63) is 47.7 Å². The summed E-state index contributed by atoms with van der Waals surface area (Å²) in [5.41, 5.74) is 2.00. The number of carbonyl (C=O) groups excluding carboxylic acids is 1. The van der Waals surface area contributed by atoms with Crippen molar-refractivity contribution in [2.45, 2.75) is 13.0 Å². The van der Waals surface area contributed by atoms with Crippen LogP contribution in [0.15, 0.2) is 36.5 Å². The summed E-state index contributed by atoms with van der Waals surface area (Å²) in [5.74, 6) is 0.525. The largest absolute Gasteiger partial charge is 0.392 e. The molecule has 0 atom stereocenters. The van der Waals surface area contributed by atoms with Crippen molar-refractivity contribution in [1.82, 2.24) is 15.1 Å². The molecule has 1 heterocycles. The zero-order chi connectivity index (χ0) is 14.4. The van der Waals surface area contributed by atoms with Crippen molar-refractivity contribution in [3.8, 4) is 0 Å². The predicted molar refractivity (Wildman–Crippen MR) is 76.3 cm³/mol. The lowest BCUT2D eigenvalue weighted by Gasteiger charge is -2.06. The van der Waals surface area contributed by atoms with Crippen molar-refractivity contribution < 1.29 is 9.90 Å².